The van der Waals surface area contributed by atoms with Gasteiger partial charge in [-0.05, 0) is 38.9 Å². The molecule has 3 rings (SSSR count). The number of nitrogens with one attached hydrogen (secondary N) is 1. The first kappa shape index (κ1) is 13.8. The lowest BCUT2D eigenvalue weighted by molar-refractivity contribution is 0.0315. The van der Waals surface area contributed by atoms with Gasteiger partial charge in [-0.15, -0.1) is 0 Å². The molecule has 0 saturated carbocycles. The van der Waals surface area contributed by atoms with Crippen molar-refractivity contribution < 1.29 is 0 Å². The van der Waals surface area contributed by atoms with Gasteiger partial charge in [0.2, 0.25) is 0 Å². The number of hydrogen-bond acceptors (Lipinski definition) is 4. The van der Waals surface area contributed by atoms with Crippen molar-refractivity contribution in [2.75, 3.05) is 58.9 Å². The second-order valence-electron chi connectivity index (χ2n) is 6.46. The van der Waals surface area contributed by atoms with E-state index >= 15 is 0 Å². The van der Waals surface area contributed by atoms with Crippen LogP contribution in [0.4, 0.5) is 0 Å². The standard InChI is InChI=1S/C15H30N4/c1-2-5-17-6-3-14(4-7-17)18-8-10-19(11-9-18)15-12-16-13-15/h14-16H,2-13H2,1H3. The minimum absolute atomic E-state index is 0.841. The third kappa shape index (κ3) is 3.30. The van der Waals surface area contributed by atoms with Gasteiger partial charge in [0.15, 0.2) is 0 Å². The molecule has 0 amide bonds. The zero-order chi connectivity index (χ0) is 13.1. The minimum atomic E-state index is 0.841. The molecule has 0 aliphatic carbocycles. The molecule has 0 bridgehead atoms. The van der Waals surface area contributed by atoms with Gasteiger partial charge >= 0.3 is 0 Å². The summed E-state index contributed by atoms with van der Waals surface area (Å²) in [5, 5.41) is 3.39. The van der Waals surface area contributed by atoms with Gasteiger partial charge in [0.05, 0.1) is 0 Å². The quantitative estimate of drug-likeness (QED) is 0.797. The van der Waals surface area contributed by atoms with E-state index in [0.29, 0.717) is 0 Å². The van der Waals surface area contributed by atoms with Crippen molar-refractivity contribution in [3.05, 3.63) is 0 Å². The van der Waals surface area contributed by atoms with Crippen molar-refractivity contribution in [1.29, 1.82) is 0 Å². The fourth-order valence-corrected chi connectivity index (χ4v) is 3.82. The van der Waals surface area contributed by atoms with Gasteiger partial charge < -0.3 is 10.2 Å². The predicted octanol–water partition coefficient (Wildman–Crippen LogP) is 0.450. The maximum Gasteiger partial charge on any atom is 0.0346 e. The van der Waals surface area contributed by atoms with Gasteiger partial charge in [-0.2, -0.15) is 0 Å². The molecule has 4 heteroatoms. The van der Waals surface area contributed by atoms with Crippen molar-refractivity contribution in [2.45, 2.75) is 38.3 Å². The highest BCUT2D eigenvalue weighted by Crippen LogP contribution is 2.19. The molecule has 0 aromatic carbocycles. The second-order valence-corrected chi connectivity index (χ2v) is 6.46. The molecule has 0 aromatic rings. The lowest BCUT2D eigenvalue weighted by Crippen LogP contribution is -2.62. The summed E-state index contributed by atoms with van der Waals surface area (Å²) in [6, 6.07) is 1.71. The van der Waals surface area contributed by atoms with E-state index in [2.05, 4.69) is 26.9 Å². The number of rotatable bonds is 4. The van der Waals surface area contributed by atoms with E-state index in [9.17, 15) is 0 Å². The summed E-state index contributed by atoms with van der Waals surface area (Å²) in [6.45, 7) is 13.9. The highest BCUT2D eigenvalue weighted by Gasteiger charge is 2.31. The number of piperazine rings is 1. The largest absolute Gasteiger partial charge is 0.314 e. The maximum absolute atomic E-state index is 3.39. The summed E-state index contributed by atoms with van der Waals surface area (Å²) in [7, 11) is 0. The zero-order valence-corrected chi connectivity index (χ0v) is 12.5. The third-order valence-electron chi connectivity index (χ3n) is 5.24. The Labute approximate surface area is 118 Å². The van der Waals surface area contributed by atoms with E-state index in [1.165, 1.54) is 78.2 Å². The molecule has 0 spiro atoms. The number of piperidine rings is 1. The molecule has 3 aliphatic rings. The SMILES string of the molecule is CCCN1CCC(N2CCN(C3CNC3)CC2)CC1. The Morgan fingerprint density at radius 1 is 0.842 bits per heavy atom. The average molecular weight is 266 g/mol. The van der Waals surface area contributed by atoms with Crippen LogP contribution >= 0.6 is 0 Å². The normalized spacial score (nSPS) is 29.5. The number of hydrogen-bond donors (Lipinski definition) is 1. The van der Waals surface area contributed by atoms with Crippen molar-refractivity contribution in [1.82, 2.24) is 20.0 Å². The molecule has 3 fully saturated rings. The van der Waals surface area contributed by atoms with Crippen LogP contribution < -0.4 is 5.32 Å². The third-order valence-corrected chi connectivity index (χ3v) is 5.24. The molecule has 0 radical (unpaired) electrons. The average Bonchev–Trinajstić information content (AvgIpc) is 2.39. The first-order valence-electron chi connectivity index (χ1n) is 8.28. The molecule has 1 N–H and O–H groups in total. The van der Waals surface area contributed by atoms with Gasteiger partial charge in [-0.1, -0.05) is 6.92 Å². The first-order valence-corrected chi connectivity index (χ1v) is 8.28. The summed E-state index contributed by atoms with van der Waals surface area (Å²) in [5.41, 5.74) is 0. The smallest absolute Gasteiger partial charge is 0.0346 e. The summed E-state index contributed by atoms with van der Waals surface area (Å²) >= 11 is 0. The van der Waals surface area contributed by atoms with Gasteiger partial charge in [-0.3, -0.25) is 9.80 Å². The van der Waals surface area contributed by atoms with E-state index < -0.39 is 0 Å². The first-order chi connectivity index (χ1) is 9.36. The predicted molar refractivity (Wildman–Crippen MR) is 79.6 cm³/mol. The van der Waals surface area contributed by atoms with Gasteiger partial charge in [-0.25, -0.2) is 0 Å². The van der Waals surface area contributed by atoms with Crippen LogP contribution in [-0.4, -0.2) is 85.7 Å². The maximum atomic E-state index is 3.39. The van der Waals surface area contributed by atoms with Crippen LogP contribution in [0.15, 0.2) is 0 Å². The molecule has 0 atom stereocenters. The van der Waals surface area contributed by atoms with E-state index in [1.807, 2.05) is 0 Å². The van der Waals surface area contributed by atoms with Gasteiger partial charge in [0, 0.05) is 51.4 Å². The lowest BCUT2D eigenvalue weighted by atomic mass is 10.0. The molecule has 19 heavy (non-hydrogen) atoms. The molecule has 4 nitrogen and oxygen atoms in total. The Kier molecular flexibility index (Phi) is 4.74. The summed E-state index contributed by atoms with van der Waals surface area (Å²) in [6.07, 6.45) is 4.09. The van der Waals surface area contributed by atoms with Crippen LogP contribution in [0, 0.1) is 0 Å². The van der Waals surface area contributed by atoms with Crippen LogP contribution in [-0.2, 0) is 0 Å². The van der Waals surface area contributed by atoms with Crippen molar-refractivity contribution in [3.8, 4) is 0 Å². The number of nitrogens with zero attached hydrogens (tertiary/aromatic N) is 3. The molecule has 110 valence electrons. The van der Waals surface area contributed by atoms with Gasteiger partial charge in [0.1, 0.15) is 0 Å². The molecule has 3 heterocycles. The molecular formula is C15H30N4. The van der Waals surface area contributed by atoms with Crippen LogP contribution in [0.25, 0.3) is 0 Å². The summed E-state index contributed by atoms with van der Waals surface area (Å²) in [4.78, 5) is 8.11. The van der Waals surface area contributed by atoms with E-state index in [0.717, 1.165) is 12.1 Å². The molecule has 3 aliphatic heterocycles. The van der Waals surface area contributed by atoms with E-state index in [4.69, 9.17) is 0 Å². The Hall–Kier alpha value is -0.160. The van der Waals surface area contributed by atoms with Crippen molar-refractivity contribution >= 4 is 0 Å². The van der Waals surface area contributed by atoms with Crippen LogP contribution in [0.3, 0.4) is 0 Å². The van der Waals surface area contributed by atoms with Crippen molar-refractivity contribution in [3.63, 3.8) is 0 Å². The Morgan fingerprint density at radius 3 is 1.89 bits per heavy atom. The molecule has 3 saturated heterocycles. The Balaban J connectivity index is 1.39. The summed E-state index contributed by atoms with van der Waals surface area (Å²) < 4.78 is 0. The number of likely N-dealkylation sites (tertiary alicyclic amines) is 1. The summed E-state index contributed by atoms with van der Waals surface area (Å²) in [5.74, 6) is 0. The lowest BCUT2D eigenvalue weighted by Gasteiger charge is -2.46. The van der Waals surface area contributed by atoms with Gasteiger partial charge in [0.25, 0.3) is 0 Å². The van der Waals surface area contributed by atoms with Crippen LogP contribution in [0.2, 0.25) is 0 Å². The highest BCUT2D eigenvalue weighted by molar-refractivity contribution is 4.89. The van der Waals surface area contributed by atoms with Crippen LogP contribution in [0.5, 0.6) is 0 Å². The molecular weight excluding hydrogens is 236 g/mol. The fourth-order valence-electron chi connectivity index (χ4n) is 3.82. The van der Waals surface area contributed by atoms with E-state index in [1.54, 1.807) is 0 Å². The monoisotopic (exact) mass is 266 g/mol. The molecule has 0 aromatic heterocycles. The fraction of sp³-hybridized carbons (Fsp3) is 1.00. The second kappa shape index (κ2) is 6.53. The topological polar surface area (TPSA) is 21.8 Å². The zero-order valence-electron chi connectivity index (χ0n) is 12.5. The Bertz CT molecular complexity index is 263. The Morgan fingerprint density at radius 2 is 1.42 bits per heavy atom. The van der Waals surface area contributed by atoms with Crippen LogP contribution in [0.1, 0.15) is 26.2 Å². The highest BCUT2D eigenvalue weighted by atomic mass is 15.3. The van der Waals surface area contributed by atoms with E-state index in [-0.39, 0.29) is 0 Å². The minimum Gasteiger partial charge on any atom is -0.314 e. The van der Waals surface area contributed by atoms with Crippen molar-refractivity contribution in [2.24, 2.45) is 0 Å². The molecule has 0 unspecified atom stereocenters.